The first kappa shape index (κ1) is 17.8. The molecule has 0 aliphatic carbocycles. The molecule has 0 spiro atoms. The predicted molar refractivity (Wildman–Crippen MR) is 116 cm³/mol. The third-order valence-electron chi connectivity index (χ3n) is 4.41. The molecule has 1 aromatic heterocycles. The van der Waals surface area contributed by atoms with Gasteiger partial charge in [0.15, 0.2) is 4.32 Å². The molecule has 4 nitrogen and oxygen atoms in total. The fourth-order valence-electron chi connectivity index (χ4n) is 3.18. The number of anilines is 1. The molecule has 2 aromatic carbocycles. The number of amides is 1. The van der Waals surface area contributed by atoms with E-state index in [0.717, 1.165) is 27.9 Å². The molecule has 0 radical (unpaired) electrons. The smallest absolute Gasteiger partial charge is 0.270 e. The summed E-state index contributed by atoms with van der Waals surface area (Å²) in [4.78, 5) is 15.2. The van der Waals surface area contributed by atoms with Crippen LogP contribution < -0.4 is 9.64 Å². The number of fused-ring (bicyclic) bond motifs is 1. The van der Waals surface area contributed by atoms with Crippen LogP contribution in [-0.2, 0) is 11.8 Å². The number of ether oxygens (including phenoxy) is 1. The summed E-state index contributed by atoms with van der Waals surface area (Å²) in [5.74, 6) is 0.681. The lowest BCUT2D eigenvalue weighted by atomic mass is 10.1. The number of hydrogen-bond donors (Lipinski definition) is 0. The van der Waals surface area contributed by atoms with Crippen molar-refractivity contribution in [2.45, 2.75) is 6.92 Å². The largest absolute Gasteiger partial charge is 0.494 e. The predicted octanol–water partition coefficient (Wildman–Crippen LogP) is 4.98. The third kappa shape index (κ3) is 3.26. The minimum Gasteiger partial charge on any atom is -0.494 e. The second-order valence-electron chi connectivity index (χ2n) is 6.16. The third-order valence-corrected chi connectivity index (χ3v) is 5.72. The summed E-state index contributed by atoms with van der Waals surface area (Å²) in [6.07, 6.45) is 3.96. The fourth-order valence-corrected chi connectivity index (χ4v) is 4.47. The van der Waals surface area contributed by atoms with Crippen molar-refractivity contribution in [1.82, 2.24) is 4.57 Å². The first-order valence-corrected chi connectivity index (χ1v) is 9.86. The lowest BCUT2D eigenvalue weighted by Gasteiger charge is -2.15. The monoisotopic (exact) mass is 394 g/mol. The van der Waals surface area contributed by atoms with Gasteiger partial charge in [-0.25, -0.2) is 0 Å². The van der Waals surface area contributed by atoms with Crippen molar-refractivity contribution in [2.75, 3.05) is 11.5 Å². The van der Waals surface area contributed by atoms with Gasteiger partial charge >= 0.3 is 0 Å². The summed E-state index contributed by atoms with van der Waals surface area (Å²) in [6.45, 7) is 2.54. The first-order chi connectivity index (χ1) is 13.1. The van der Waals surface area contributed by atoms with E-state index in [-0.39, 0.29) is 5.91 Å². The van der Waals surface area contributed by atoms with E-state index in [2.05, 4.69) is 16.7 Å². The fraction of sp³-hybridized carbons (Fsp3) is 0.143. The van der Waals surface area contributed by atoms with Crippen LogP contribution in [0, 0.1) is 0 Å². The number of rotatable bonds is 4. The van der Waals surface area contributed by atoms with Crippen LogP contribution in [0.4, 0.5) is 5.69 Å². The van der Waals surface area contributed by atoms with E-state index in [1.54, 1.807) is 4.90 Å². The van der Waals surface area contributed by atoms with Crippen molar-refractivity contribution >= 4 is 56.9 Å². The Hall–Kier alpha value is -2.57. The van der Waals surface area contributed by atoms with Crippen LogP contribution in [0.1, 0.15) is 12.5 Å². The Morgan fingerprint density at radius 3 is 2.63 bits per heavy atom. The summed E-state index contributed by atoms with van der Waals surface area (Å²) in [6, 6.07) is 15.6. The normalized spacial score (nSPS) is 15.9. The van der Waals surface area contributed by atoms with Crippen molar-refractivity contribution in [1.29, 1.82) is 0 Å². The van der Waals surface area contributed by atoms with E-state index in [1.807, 2.05) is 62.6 Å². The van der Waals surface area contributed by atoms with Crippen molar-refractivity contribution in [3.05, 3.63) is 65.2 Å². The highest BCUT2D eigenvalue weighted by atomic mass is 32.2. The Morgan fingerprint density at radius 2 is 1.89 bits per heavy atom. The number of thioether (sulfide) groups is 1. The van der Waals surface area contributed by atoms with E-state index >= 15 is 0 Å². The van der Waals surface area contributed by atoms with Gasteiger partial charge in [-0.05, 0) is 43.3 Å². The number of nitrogens with zero attached hydrogens (tertiary/aromatic N) is 2. The molecule has 1 aliphatic rings. The average Bonchev–Trinajstić information content (AvgIpc) is 3.13. The zero-order valence-electron chi connectivity index (χ0n) is 15.0. The van der Waals surface area contributed by atoms with E-state index < -0.39 is 0 Å². The molecule has 0 unspecified atom stereocenters. The van der Waals surface area contributed by atoms with Crippen molar-refractivity contribution < 1.29 is 9.53 Å². The molecule has 6 heteroatoms. The summed E-state index contributed by atoms with van der Waals surface area (Å²) < 4.78 is 8.07. The van der Waals surface area contributed by atoms with Crippen LogP contribution in [0.5, 0.6) is 5.75 Å². The van der Waals surface area contributed by atoms with E-state index in [1.165, 1.54) is 11.8 Å². The molecule has 27 heavy (non-hydrogen) atoms. The topological polar surface area (TPSA) is 34.5 Å². The summed E-state index contributed by atoms with van der Waals surface area (Å²) in [7, 11) is 2.00. The molecule has 1 amide bonds. The van der Waals surface area contributed by atoms with Gasteiger partial charge in [-0.3, -0.25) is 9.69 Å². The van der Waals surface area contributed by atoms with Gasteiger partial charge in [-0.15, -0.1) is 0 Å². The highest BCUT2D eigenvalue weighted by Gasteiger charge is 2.33. The summed E-state index contributed by atoms with van der Waals surface area (Å²) in [5.41, 5.74) is 2.90. The Labute approximate surface area is 167 Å². The molecule has 0 N–H and O–H groups in total. The number of aromatic nitrogens is 1. The van der Waals surface area contributed by atoms with Gasteiger partial charge in [-0.2, -0.15) is 0 Å². The van der Waals surface area contributed by atoms with Gasteiger partial charge in [0.2, 0.25) is 0 Å². The summed E-state index contributed by atoms with van der Waals surface area (Å²) >= 11 is 6.80. The van der Waals surface area contributed by atoms with Crippen molar-refractivity contribution in [2.24, 2.45) is 7.05 Å². The molecule has 3 aromatic rings. The number of benzene rings is 2. The van der Waals surface area contributed by atoms with Gasteiger partial charge in [0.05, 0.1) is 17.2 Å². The van der Waals surface area contributed by atoms with Gasteiger partial charge < -0.3 is 9.30 Å². The lowest BCUT2D eigenvalue weighted by Crippen LogP contribution is -2.27. The molecular weight excluding hydrogens is 376 g/mol. The molecule has 1 fully saturated rings. The van der Waals surface area contributed by atoms with Crippen LogP contribution in [-0.4, -0.2) is 21.4 Å². The molecule has 4 rings (SSSR count). The quantitative estimate of drug-likeness (QED) is 0.462. The standard InChI is InChI=1S/C21H18N2O2S2/c1-3-25-16-10-8-15(9-11-16)23-20(24)19(27-21(23)26)12-14-13-22(2)18-7-5-4-6-17(14)18/h4-13H,3H2,1-2H3/b19-12+. The Kier molecular flexibility index (Phi) is 4.76. The number of carbonyl (C=O) groups is 1. The van der Waals surface area contributed by atoms with Gasteiger partial charge in [0.1, 0.15) is 5.75 Å². The zero-order valence-corrected chi connectivity index (χ0v) is 16.6. The van der Waals surface area contributed by atoms with E-state index in [9.17, 15) is 4.79 Å². The number of thiocarbonyl (C=S) groups is 1. The van der Waals surface area contributed by atoms with Crippen LogP contribution >= 0.6 is 24.0 Å². The Bertz CT molecular complexity index is 1070. The van der Waals surface area contributed by atoms with Crippen LogP contribution in [0.15, 0.2) is 59.6 Å². The summed E-state index contributed by atoms with van der Waals surface area (Å²) in [5, 5.41) is 1.12. The number of carbonyl (C=O) groups excluding carboxylic acids is 1. The first-order valence-electron chi connectivity index (χ1n) is 8.63. The second-order valence-corrected chi connectivity index (χ2v) is 7.83. The van der Waals surface area contributed by atoms with Crippen LogP contribution in [0.2, 0.25) is 0 Å². The Morgan fingerprint density at radius 1 is 1.15 bits per heavy atom. The van der Waals surface area contributed by atoms with Gasteiger partial charge in [0.25, 0.3) is 5.91 Å². The molecular formula is C21H18N2O2S2. The van der Waals surface area contributed by atoms with Crippen molar-refractivity contribution in [3.8, 4) is 5.75 Å². The molecule has 0 atom stereocenters. The number of para-hydroxylation sites is 1. The zero-order chi connectivity index (χ0) is 19.0. The SMILES string of the molecule is CCOc1ccc(N2C(=O)/C(=C\c3cn(C)c4ccccc34)SC2=S)cc1. The van der Waals surface area contributed by atoms with Crippen LogP contribution in [0.25, 0.3) is 17.0 Å². The average molecular weight is 395 g/mol. The highest BCUT2D eigenvalue weighted by molar-refractivity contribution is 8.27. The molecule has 2 heterocycles. The second kappa shape index (κ2) is 7.21. The number of aryl methyl sites for hydroxylation is 1. The lowest BCUT2D eigenvalue weighted by molar-refractivity contribution is -0.113. The maximum Gasteiger partial charge on any atom is 0.270 e. The van der Waals surface area contributed by atoms with Crippen LogP contribution in [0.3, 0.4) is 0 Å². The van der Waals surface area contributed by atoms with Gasteiger partial charge in [0, 0.05) is 29.7 Å². The number of hydrogen-bond acceptors (Lipinski definition) is 4. The Balaban J connectivity index is 1.67. The van der Waals surface area contributed by atoms with Gasteiger partial charge in [-0.1, -0.05) is 42.2 Å². The molecule has 1 aliphatic heterocycles. The van der Waals surface area contributed by atoms with Crippen molar-refractivity contribution in [3.63, 3.8) is 0 Å². The maximum atomic E-state index is 13.0. The molecule has 0 bridgehead atoms. The highest BCUT2D eigenvalue weighted by Crippen LogP contribution is 2.37. The van der Waals surface area contributed by atoms with E-state index in [4.69, 9.17) is 17.0 Å². The molecule has 0 saturated carbocycles. The minimum atomic E-state index is -0.0953. The molecule has 1 saturated heterocycles. The molecule has 136 valence electrons. The minimum absolute atomic E-state index is 0.0953. The maximum absolute atomic E-state index is 13.0. The van der Waals surface area contributed by atoms with E-state index in [0.29, 0.717) is 15.8 Å².